The number of hydrogen-bond acceptors (Lipinski definition) is 6. The summed E-state index contributed by atoms with van der Waals surface area (Å²) in [7, 11) is -1.01. The average Bonchev–Trinajstić information content (AvgIpc) is 3.20. The number of nitrogens with one attached hydrogen (secondary N) is 4. The third-order valence-corrected chi connectivity index (χ3v) is 6.28. The molecule has 0 radical (unpaired) electrons. The summed E-state index contributed by atoms with van der Waals surface area (Å²) in [5.41, 5.74) is 6.92. The van der Waals surface area contributed by atoms with Gasteiger partial charge in [-0.25, -0.2) is 28.4 Å². The predicted octanol–water partition coefficient (Wildman–Crippen LogP) is 1.94. The molecule has 1 aliphatic rings. The Bertz CT molecular complexity index is 1030. The van der Waals surface area contributed by atoms with E-state index in [1.807, 2.05) is 0 Å². The molecule has 1 heterocycles. The lowest BCUT2D eigenvalue weighted by atomic mass is 10.0. The number of sulfonamides is 1. The molecule has 8 nitrogen and oxygen atoms in total. The van der Waals surface area contributed by atoms with E-state index in [0.717, 1.165) is 0 Å². The van der Waals surface area contributed by atoms with Gasteiger partial charge in [-0.1, -0.05) is 17.7 Å². The first-order valence-corrected chi connectivity index (χ1v) is 10.5. The van der Waals surface area contributed by atoms with Gasteiger partial charge >= 0.3 is 0 Å². The van der Waals surface area contributed by atoms with Gasteiger partial charge in [0.2, 0.25) is 15.9 Å². The lowest BCUT2D eigenvalue weighted by Crippen LogP contribution is -2.39. The van der Waals surface area contributed by atoms with E-state index in [1.54, 1.807) is 12.1 Å². The quantitative estimate of drug-likeness (QED) is 0.544. The lowest BCUT2D eigenvalue weighted by molar-refractivity contribution is -0.117. The van der Waals surface area contributed by atoms with Crippen LogP contribution in [0.15, 0.2) is 41.3 Å². The number of halogens is 2. The maximum Gasteiger partial charge on any atom is 0.244 e. The maximum absolute atomic E-state index is 13.2. The van der Waals surface area contributed by atoms with Crippen molar-refractivity contribution in [3.05, 3.63) is 52.8 Å². The highest BCUT2D eigenvalue weighted by Gasteiger charge is 2.31. The van der Waals surface area contributed by atoms with E-state index in [2.05, 4.69) is 20.9 Å². The highest BCUT2D eigenvalue weighted by molar-refractivity contribution is 7.89. The molecule has 1 fully saturated rings. The van der Waals surface area contributed by atoms with Crippen molar-refractivity contribution in [1.82, 2.24) is 15.6 Å². The molecular formula is C18H20ClFN4O4S. The van der Waals surface area contributed by atoms with Gasteiger partial charge in [-0.2, -0.15) is 0 Å². The van der Waals surface area contributed by atoms with E-state index in [1.165, 1.54) is 38.4 Å². The highest BCUT2D eigenvalue weighted by atomic mass is 35.5. The Kier molecular flexibility index (Phi) is 6.39. The molecule has 4 N–H and O–H groups in total. The number of hydrazine groups is 1. The third-order valence-electron chi connectivity index (χ3n) is 4.56. The number of carbonyl (C=O) groups is 1. The summed E-state index contributed by atoms with van der Waals surface area (Å²) in [6, 6.07) is 7.81. The fourth-order valence-corrected chi connectivity index (χ4v) is 4.09. The van der Waals surface area contributed by atoms with E-state index >= 15 is 0 Å². The molecule has 0 saturated carbocycles. The van der Waals surface area contributed by atoms with Crippen molar-refractivity contribution in [2.45, 2.75) is 23.4 Å². The van der Waals surface area contributed by atoms with Gasteiger partial charge in [-0.05, 0) is 49.4 Å². The van der Waals surface area contributed by atoms with Crippen LogP contribution in [-0.4, -0.2) is 34.5 Å². The van der Waals surface area contributed by atoms with Crippen LogP contribution in [0.5, 0.6) is 5.75 Å². The van der Waals surface area contributed by atoms with Crippen LogP contribution in [0, 0.1) is 5.82 Å². The van der Waals surface area contributed by atoms with Crippen molar-refractivity contribution < 1.29 is 22.3 Å². The molecule has 2 aromatic rings. The molecule has 1 saturated heterocycles. The second-order valence-corrected chi connectivity index (χ2v) is 8.63. The summed E-state index contributed by atoms with van der Waals surface area (Å²) in [5.74, 6) is -0.687. The zero-order valence-electron chi connectivity index (χ0n) is 15.6. The first-order valence-electron chi connectivity index (χ1n) is 8.63. The van der Waals surface area contributed by atoms with Gasteiger partial charge in [-0.15, -0.1) is 0 Å². The number of amides is 1. The van der Waals surface area contributed by atoms with Crippen molar-refractivity contribution >= 4 is 33.2 Å². The van der Waals surface area contributed by atoms with E-state index in [-0.39, 0.29) is 27.6 Å². The normalized spacial score (nSPS) is 19.2. The van der Waals surface area contributed by atoms with E-state index in [4.69, 9.17) is 16.3 Å². The summed E-state index contributed by atoms with van der Waals surface area (Å²) in [6.07, 6.45) is 0.367. The minimum absolute atomic E-state index is 0.00987. The van der Waals surface area contributed by atoms with Crippen LogP contribution >= 0.6 is 11.6 Å². The average molecular weight is 443 g/mol. The van der Waals surface area contributed by atoms with Crippen molar-refractivity contribution in [2.75, 3.05) is 19.5 Å². The van der Waals surface area contributed by atoms with Crippen LogP contribution < -0.4 is 25.6 Å². The summed E-state index contributed by atoms with van der Waals surface area (Å²) in [6.45, 7) is 0. The predicted molar refractivity (Wildman–Crippen MR) is 107 cm³/mol. The van der Waals surface area contributed by atoms with Gasteiger partial charge in [0.1, 0.15) is 22.5 Å². The number of ether oxygens (including phenoxy) is 1. The van der Waals surface area contributed by atoms with Crippen molar-refractivity contribution in [2.24, 2.45) is 0 Å². The fraction of sp³-hybridized carbons (Fsp3) is 0.278. The van der Waals surface area contributed by atoms with E-state index in [0.29, 0.717) is 17.7 Å². The Hall–Kier alpha value is -2.24. The second-order valence-electron chi connectivity index (χ2n) is 6.37. The minimum Gasteiger partial charge on any atom is -0.495 e. The SMILES string of the molecule is CNS(=O)(=O)c1cc(C2CC(C(=O)Nc3ccc(F)c(Cl)c3)NN2)ccc1OC. The Morgan fingerprint density at radius 1 is 1.24 bits per heavy atom. The number of rotatable bonds is 6. The third kappa shape index (κ3) is 4.68. The molecule has 156 valence electrons. The first-order chi connectivity index (χ1) is 13.7. The first kappa shape index (κ1) is 21.5. The van der Waals surface area contributed by atoms with Gasteiger partial charge < -0.3 is 10.1 Å². The van der Waals surface area contributed by atoms with Gasteiger partial charge in [0, 0.05) is 11.7 Å². The molecule has 2 aromatic carbocycles. The van der Waals surface area contributed by atoms with E-state index < -0.39 is 21.9 Å². The molecule has 0 bridgehead atoms. The van der Waals surface area contributed by atoms with Crippen LogP contribution in [0.1, 0.15) is 18.0 Å². The zero-order valence-corrected chi connectivity index (χ0v) is 17.2. The van der Waals surface area contributed by atoms with Gasteiger partial charge in [-0.3, -0.25) is 4.79 Å². The summed E-state index contributed by atoms with van der Waals surface area (Å²) in [4.78, 5) is 12.5. The summed E-state index contributed by atoms with van der Waals surface area (Å²) < 4.78 is 45.1. The van der Waals surface area contributed by atoms with Gasteiger partial charge in [0.05, 0.1) is 12.1 Å². The minimum atomic E-state index is -3.72. The maximum atomic E-state index is 13.2. The van der Waals surface area contributed by atoms with Crippen LogP contribution in [-0.2, 0) is 14.8 Å². The molecule has 2 unspecified atom stereocenters. The Balaban J connectivity index is 1.74. The number of carbonyl (C=O) groups excluding carboxylic acids is 1. The molecule has 3 rings (SSSR count). The van der Waals surface area contributed by atoms with Crippen molar-refractivity contribution in [3.63, 3.8) is 0 Å². The molecular weight excluding hydrogens is 423 g/mol. The number of methoxy groups -OCH3 is 1. The molecule has 29 heavy (non-hydrogen) atoms. The number of benzene rings is 2. The van der Waals surface area contributed by atoms with Crippen molar-refractivity contribution in [3.8, 4) is 5.75 Å². The molecule has 1 aliphatic heterocycles. The molecule has 0 spiro atoms. The van der Waals surface area contributed by atoms with E-state index in [9.17, 15) is 17.6 Å². The zero-order chi connectivity index (χ0) is 21.2. The Morgan fingerprint density at radius 2 is 2.00 bits per heavy atom. The molecule has 2 atom stereocenters. The molecule has 0 aliphatic carbocycles. The smallest absolute Gasteiger partial charge is 0.244 e. The largest absolute Gasteiger partial charge is 0.495 e. The standard InChI is InChI=1S/C18H20ClFN4O4S/c1-21-29(26,27)17-7-10(3-6-16(17)28-2)14-9-15(24-23-14)18(25)22-11-4-5-13(20)12(19)8-11/h3-8,14-15,21,23-24H,9H2,1-2H3,(H,22,25). The number of anilines is 1. The molecule has 0 aromatic heterocycles. The second kappa shape index (κ2) is 8.64. The summed E-state index contributed by atoms with van der Waals surface area (Å²) in [5, 5.41) is 2.58. The lowest BCUT2D eigenvalue weighted by Gasteiger charge is -2.14. The fourth-order valence-electron chi connectivity index (χ4n) is 2.98. The van der Waals surface area contributed by atoms with Crippen molar-refractivity contribution in [1.29, 1.82) is 0 Å². The summed E-state index contributed by atoms with van der Waals surface area (Å²) >= 11 is 5.73. The van der Waals surface area contributed by atoms with Gasteiger partial charge in [0.15, 0.2) is 0 Å². The topological polar surface area (TPSA) is 109 Å². The van der Waals surface area contributed by atoms with Gasteiger partial charge in [0.25, 0.3) is 0 Å². The van der Waals surface area contributed by atoms with Crippen LogP contribution in [0.3, 0.4) is 0 Å². The Labute approximate surface area is 172 Å². The Morgan fingerprint density at radius 3 is 2.66 bits per heavy atom. The number of hydrogen-bond donors (Lipinski definition) is 4. The highest BCUT2D eigenvalue weighted by Crippen LogP contribution is 2.30. The van der Waals surface area contributed by atoms with Crippen LogP contribution in [0.25, 0.3) is 0 Å². The van der Waals surface area contributed by atoms with Crippen LogP contribution in [0.4, 0.5) is 10.1 Å². The monoisotopic (exact) mass is 442 g/mol. The van der Waals surface area contributed by atoms with Crippen LogP contribution in [0.2, 0.25) is 5.02 Å². The molecule has 11 heteroatoms. The molecule has 1 amide bonds.